The van der Waals surface area contributed by atoms with E-state index < -0.39 is 5.97 Å². The van der Waals surface area contributed by atoms with Crippen molar-refractivity contribution in [2.75, 3.05) is 0 Å². The second-order valence-electron chi connectivity index (χ2n) is 2.68. The van der Waals surface area contributed by atoms with Gasteiger partial charge in [0.05, 0.1) is 0 Å². The normalized spacial score (nSPS) is 10.8. The lowest BCUT2D eigenvalue weighted by Crippen LogP contribution is -2.05. The van der Waals surface area contributed by atoms with E-state index >= 15 is 0 Å². The van der Waals surface area contributed by atoms with Crippen LogP contribution in [0.2, 0.25) is 0 Å². The molecule has 0 atom stereocenters. The fourth-order valence-corrected chi connectivity index (χ4v) is 2.00. The van der Waals surface area contributed by atoms with Crippen molar-refractivity contribution in [2.24, 2.45) is 0 Å². The van der Waals surface area contributed by atoms with Crippen LogP contribution < -0.4 is 0 Å². The van der Waals surface area contributed by atoms with Gasteiger partial charge in [-0.1, -0.05) is 0 Å². The number of aryl methyl sites for hydroxylation is 1. The molecule has 0 unspecified atom stereocenters. The maximum Gasteiger partial charge on any atom is 0.311 e. The van der Waals surface area contributed by atoms with Crippen LogP contribution in [0.5, 0.6) is 0 Å². The zero-order valence-corrected chi connectivity index (χ0v) is 7.71. The zero-order chi connectivity index (χ0) is 9.42. The number of aromatic nitrogens is 3. The van der Waals surface area contributed by atoms with Gasteiger partial charge in [0.2, 0.25) is 4.96 Å². The molecule has 0 aliphatic rings. The van der Waals surface area contributed by atoms with Gasteiger partial charge in [-0.2, -0.15) is 0 Å². The highest BCUT2D eigenvalue weighted by Gasteiger charge is 2.11. The molecule has 0 bridgehead atoms. The smallest absolute Gasteiger partial charge is 0.311 e. The van der Waals surface area contributed by atoms with Gasteiger partial charge in [0, 0.05) is 11.1 Å². The molecule has 68 valence electrons. The summed E-state index contributed by atoms with van der Waals surface area (Å²) in [4.78, 5) is 11.2. The molecular weight excluding hydrogens is 190 g/mol. The maximum absolute atomic E-state index is 10.5. The van der Waals surface area contributed by atoms with E-state index in [1.807, 2.05) is 12.3 Å². The highest BCUT2D eigenvalue weighted by atomic mass is 32.1. The first kappa shape index (κ1) is 8.18. The van der Waals surface area contributed by atoms with Crippen molar-refractivity contribution in [1.82, 2.24) is 14.6 Å². The second kappa shape index (κ2) is 2.81. The molecule has 6 heteroatoms. The third-order valence-electron chi connectivity index (χ3n) is 1.70. The lowest BCUT2D eigenvalue weighted by atomic mass is 10.4. The van der Waals surface area contributed by atoms with Crippen molar-refractivity contribution in [2.45, 2.75) is 13.3 Å². The Morgan fingerprint density at radius 1 is 1.69 bits per heavy atom. The number of thiazole rings is 1. The summed E-state index contributed by atoms with van der Waals surface area (Å²) < 4.78 is 1.76. The molecular formula is C7H7N3O2S. The number of carbonyl (C=O) groups is 1. The van der Waals surface area contributed by atoms with E-state index in [0.29, 0.717) is 5.82 Å². The van der Waals surface area contributed by atoms with Crippen LogP contribution in [-0.4, -0.2) is 25.7 Å². The predicted octanol–water partition coefficient (Wildman–Crippen LogP) is 0.726. The summed E-state index contributed by atoms with van der Waals surface area (Å²) in [6, 6.07) is 0. The highest BCUT2D eigenvalue weighted by Crippen LogP contribution is 2.15. The summed E-state index contributed by atoms with van der Waals surface area (Å²) in [6.07, 6.45) is -0.0846. The van der Waals surface area contributed by atoms with Crippen molar-refractivity contribution < 1.29 is 9.90 Å². The topological polar surface area (TPSA) is 67.5 Å². The summed E-state index contributed by atoms with van der Waals surface area (Å²) >= 11 is 1.46. The number of carboxylic acid groups (broad SMARTS) is 1. The summed E-state index contributed by atoms with van der Waals surface area (Å²) in [6.45, 7) is 1.90. The van der Waals surface area contributed by atoms with E-state index in [2.05, 4.69) is 10.2 Å². The average Bonchev–Trinajstić information content (AvgIpc) is 2.56. The van der Waals surface area contributed by atoms with Crippen LogP contribution in [0.3, 0.4) is 0 Å². The molecule has 2 aromatic rings. The molecule has 0 radical (unpaired) electrons. The van der Waals surface area contributed by atoms with Gasteiger partial charge in [-0.05, 0) is 6.92 Å². The number of fused-ring (bicyclic) bond motifs is 1. The number of hydrogen-bond acceptors (Lipinski definition) is 4. The minimum absolute atomic E-state index is 0.0846. The zero-order valence-electron chi connectivity index (χ0n) is 6.89. The first-order valence-corrected chi connectivity index (χ1v) is 4.56. The van der Waals surface area contributed by atoms with E-state index in [0.717, 1.165) is 10.7 Å². The summed E-state index contributed by atoms with van der Waals surface area (Å²) in [7, 11) is 0. The molecule has 1 N–H and O–H groups in total. The van der Waals surface area contributed by atoms with Crippen LogP contribution >= 0.6 is 11.3 Å². The number of aliphatic carboxylic acids is 1. The molecule has 13 heavy (non-hydrogen) atoms. The van der Waals surface area contributed by atoms with Crippen molar-refractivity contribution in [3.8, 4) is 0 Å². The van der Waals surface area contributed by atoms with Crippen LogP contribution in [0.15, 0.2) is 5.38 Å². The molecule has 5 nitrogen and oxygen atoms in total. The fraction of sp³-hybridized carbons (Fsp3) is 0.286. The Kier molecular flexibility index (Phi) is 1.77. The molecule has 0 spiro atoms. The first-order chi connectivity index (χ1) is 6.18. The minimum atomic E-state index is -0.889. The third kappa shape index (κ3) is 1.29. The molecule has 0 saturated heterocycles. The van der Waals surface area contributed by atoms with Crippen molar-refractivity contribution in [3.63, 3.8) is 0 Å². The SMILES string of the molecule is Cc1csc2nnc(CC(=O)O)n12. The van der Waals surface area contributed by atoms with E-state index in [1.54, 1.807) is 4.40 Å². The van der Waals surface area contributed by atoms with Gasteiger partial charge in [-0.25, -0.2) is 0 Å². The first-order valence-electron chi connectivity index (χ1n) is 3.68. The predicted molar refractivity (Wildman–Crippen MR) is 46.9 cm³/mol. The summed E-state index contributed by atoms with van der Waals surface area (Å²) in [5, 5.41) is 18.2. The van der Waals surface area contributed by atoms with Crippen molar-refractivity contribution >= 4 is 22.3 Å². The van der Waals surface area contributed by atoms with Gasteiger partial charge in [0.1, 0.15) is 12.2 Å². The Hall–Kier alpha value is -1.43. The van der Waals surface area contributed by atoms with Gasteiger partial charge < -0.3 is 5.11 Å². The number of rotatable bonds is 2. The quantitative estimate of drug-likeness (QED) is 0.770. The van der Waals surface area contributed by atoms with Gasteiger partial charge in [-0.15, -0.1) is 21.5 Å². The molecule has 0 amide bonds. The fourth-order valence-electron chi connectivity index (χ4n) is 1.17. The average molecular weight is 197 g/mol. The number of hydrogen-bond donors (Lipinski definition) is 1. The van der Waals surface area contributed by atoms with Crippen molar-refractivity contribution in [3.05, 3.63) is 16.9 Å². The monoisotopic (exact) mass is 197 g/mol. The molecule has 2 heterocycles. The van der Waals surface area contributed by atoms with Gasteiger partial charge in [-0.3, -0.25) is 9.20 Å². The van der Waals surface area contributed by atoms with Gasteiger partial charge in [0.25, 0.3) is 0 Å². The third-order valence-corrected chi connectivity index (χ3v) is 2.63. The molecule has 2 rings (SSSR count). The van der Waals surface area contributed by atoms with E-state index in [1.165, 1.54) is 11.3 Å². The Labute approximate surface area is 77.6 Å². The highest BCUT2D eigenvalue weighted by molar-refractivity contribution is 7.15. The Balaban J connectivity index is 2.55. The van der Waals surface area contributed by atoms with E-state index in [9.17, 15) is 4.79 Å². The molecule has 0 fully saturated rings. The van der Waals surface area contributed by atoms with Gasteiger partial charge in [0.15, 0.2) is 0 Å². The molecule has 0 aliphatic carbocycles. The largest absolute Gasteiger partial charge is 0.481 e. The van der Waals surface area contributed by atoms with E-state index in [-0.39, 0.29) is 6.42 Å². The summed E-state index contributed by atoms with van der Waals surface area (Å²) in [5.41, 5.74) is 0.973. The molecule has 0 aliphatic heterocycles. The van der Waals surface area contributed by atoms with Gasteiger partial charge >= 0.3 is 5.97 Å². The molecule has 0 aromatic carbocycles. The van der Waals surface area contributed by atoms with Crippen LogP contribution in [0.25, 0.3) is 4.96 Å². The lowest BCUT2D eigenvalue weighted by molar-refractivity contribution is -0.136. The van der Waals surface area contributed by atoms with Crippen LogP contribution in [0, 0.1) is 6.92 Å². The Bertz CT molecular complexity index is 459. The standard InChI is InChI=1S/C7H7N3O2S/c1-4-3-13-7-9-8-5(10(4)7)2-6(11)12/h3H,2H2,1H3,(H,11,12). The maximum atomic E-state index is 10.5. The van der Waals surface area contributed by atoms with Crippen molar-refractivity contribution in [1.29, 1.82) is 0 Å². The lowest BCUT2D eigenvalue weighted by Gasteiger charge is -1.93. The molecule has 0 saturated carbocycles. The second-order valence-corrected chi connectivity index (χ2v) is 3.52. The summed E-state index contributed by atoms with van der Waals surface area (Å²) in [5.74, 6) is -0.402. The van der Waals surface area contributed by atoms with Crippen LogP contribution in [0.1, 0.15) is 11.5 Å². The molecule has 2 aromatic heterocycles. The number of nitrogens with zero attached hydrogens (tertiary/aromatic N) is 3. The Morgan fingerprint density at radius 3 is 3.15 bits per heavy atom. The number of carboxylic acids is 1. The van der Waals surface area contributed by atoms with Crippen LogP contribution in [-0.2, 0) is 11.2 Å². The van der Waals surface area contributed by atoms with Crippen LogP contribution in [0.4, 0.5) is 0 Å². The Morgan fingerprint density at radius 2 is 2.46 bits per heavy atom. The minimum Gasteiger partial charge on any atom is -0.481 e. The van der Waals surface area contributed by atoms with E-state index in [4.69, 9.17) is 5.11 Å².